The van der Waals surface area contributed by atoms with Gasteiger partial charge in [0.1, 0.15) is 0 Å². The van der Waals surface area contributed by atoms with Gasteiger partial charge in [0, 0.05) is 34.9 Å². The minimum Gasteiger partial charge on any atom is -0.370 e. The van der Waals surface area contributed by atoms with Crippen molar-refractivity contribution in [1.29, 1.82) is 0 Å². The van der Waals surface area contributed by atoms with Crippen molar-refractivity contribution in [2.24, 2.45) is 0 Å². The molecule has 0 bridgehead atoms. The lowest BCUT2D eigenvalue weighted by Crippen LogP contribution is -2.31. The molecule has 0 saturated carbocycles. The number of benzene rings is 1. The summed E-state index contributed by atoms with van der Waals surface area (Å²) in [7, 11) is 4.25. The van der Waals surface area contributed by atoms with Crippen molar-refractivity contribution < 1.29 is 4.79 Å². The van der Waals surface area contributed by atoms with E-state index in [1.54, 1.807) is 0 Å². The third-order valence-electron chi connectivity index (χ3n) is 3.37. The van der Waals surface area contributed by atoms with Gasteiger partial charge in [-0.15, -0.1) is 0 Å². The molecular weight excluding hydrogens is 280 g/mol. The van der Waals surface area contributed by atoms with Crippen LogP contribution in [0.4, 0.5) is 5.69 Å². The molecule has 0 aliphatic carbocycles. The highest BCUT2D eigenvalue weighted by Crippen LogP contribution is 2.26. The molecule has 1 saturated heterocycles. The van der Waals surface area contributed by atoms with Crippen molar-refractivity contribution in [1.82, 2.24) is 4.90 Å². The molecule has 0 spiro atoms. The van der Waals surface area contributed by atoms with Gasteiger partial charge < -0.3 is 9.80 Å². The molecule has 1 aromatic rings. The van der Waals surface area contributed by atoms with Crippen LogP contribution in [-0.2, 0) is 0 Å². The van der Waals surface area contributed by atoms with Crippen LogP contribution in [-0.4, -0.2) is 44.4 Å². The number of carbonyl (C=O) groups is 1. The van der Waals surface area contributed by atoms with Crippen molar-refractivity contribution in [2.45, 2.75) is 12.5 Å². The van der Waals surface area contributed by atoms with Crippen molar-refractivity contribution >= 4 is 27.9 Å². The van der Waals surface area contributed by atoms with Gasteiger partial charge in [-0.1, -0.05) is 0 Å². The molecule has 0 aromatic heterocycles. The molecule has 0 amide bonds. The summed E-state index contributed by atoms with van der Waals surface area (Å²) in [4.78, 5) is 15.4. The average Bonchev–Trinajstić information content (AvgIpc) is 2.78. The van der Waals surface area contributed by atoms with E-state index in [9.17, 15) is 4.79 Å². The van der Waals surface area contributed by atoms with Gasteiger partial charge in [0.25, 0.3) is 0 Å². The number of rotatable bonds is 3. The van der Waals surface area contributed by atoms with Crippen LogP contribution in [0.15, 0.2) is 22.7 Å². The minimum atomic E-state index is 0.625. The highest BCUT2D eigenvalue weighted by atomic mass is 79.9. The number of halogens is 1. The Morgan fingerprint density at radius 1 is 1.47 bits per heavy atom. The summed E-state index contributed by atoms with van der Waals surface area (Å²) >= 11 is 3.43. The van der Waals surface area contributed by atoms with E-state index in [1.807, 2.05) is 18.2 Å². The Bertz CT molecular complexity index is 420. The zero-order valence-electron chi connectivity index (χ0n) is 10.2. The first-order chi connectivity index (χ1) is 8.11. The molecule has 1 unspecified atom stereocenters. The lowest BCUT2D eigenvalue weighted by Gasteiger charge is -2.22. The van der Waals surface area contributed by atoms with Crippen LogP contribution >= 0.6 is 15.9 Å². The van der Waals surface area contributed by atoms with E-state index < -0.39 is 0 Å². The number of likely N-dealkylation sites (N-methyl/N-ethyl adjacent to an activating group) is 1. The quantitative estimate of drug-likeness (QED) is 0.801. The molecule has 1 aromatic carbocycles. The molecule has 1 aliphatic rings. The van der Waals surface area contributed by atoms with E-state index in [2.05, 4.69) is 39.8 Å². The van der Waals surface area contributed by atoms with Crippen molar-refractivity contribution in [3.63, 3.8) is 0 Å². The van der Waals surface area contributed by atoms with Crippen LogP contribution in [0.3, 0.4) is 0 Å². The highest BCUT2D eigenvalue weighted by Gasteiger charge is 2.24. The Balaban J connectivity index is 2.14. The predicted molar refractivity (Wildman–Crippen MR) is 73.8 cm³/mol. The van der Waals surface area contributed by atoms with Crippen LogP contribution in [0, 0.1) is 0 Å². The summed E-state index contributed by atoms with van der Waals surface area (Å²) < 4.78 is 0.873. The number of hydrogen-bond donors (Lipinski definition) is 0. The summed E-state index contributed by atoms with van der Waals surface area (Å²) in [5, 5.41) is 0. The van der Waals surface area contributed by atoms with E-state index >= 15 is 0 Å². The van der Waals surface area contributed by atoms with Crippen molar-refractivity contribution in [2.75, 3.05) is 32.1 Å². The lowest BCUT2D eigenvalue weighted by molar-refractivity contribution is 0.112. The maximum absolute atomic E-state index is 10.8. The topological polar surface area (TPSA) is 23.6 Å². The second-order valence-corrected chi connectivity index (χ2v) is 5.53. The van der Waals surface area contributed by atoms with E-state index in [-0.39, 0.29) is 0 Å². The van der Waals surface area contributed by atoms with Crippen LogP contribution in [0.25, 0.3) is 0 Å². The first-order valence-corrected chi connectivity index (χ1v) is 6.57. The van der Waals surface area contributed by atoms with Gasteiger partial charge in [-0.2, -0.15) is 0 Å². The minimum absolute atomic E-state index is 0.625. The van der Waals surface area contributed by atoms with Gasteiger partial charge in [0.05, 0.1) is 0 Å². The molecule has 92 valence electrons. The molecule has 0 radical (unpaired) electrons. The second kappa shape index (κ2) is 5.19. The van der Waals surface area contributed by atoms with E-state index in [0.717, 1.165) is 23.8 Å². The Morgan fingerprint density at radius 2 is 2.24 bits per heavy atom. The Kier molecular flexibility index (Phi) is 3.84. The lowest BCUT2D eigenvalue weighted by atomic mass is 10.2. The fraction of sp³-hybridized carbons (Fsp3) is 0.462. The van der Waals surface area contributed by atoms with Crippen LogP contribution in [0.2, 0.25) is 0 Å². The molecule has 1 heterocycles. The smallest absolute Gasteiger partial charge is 0.151 e. The fourth-order valence-corrected chi connectivity index (χ4v) is 2.67. The standard InChI is InChI=1S/C13H17BrN2O/c1-15(2)12-5-6-16(8-12)11-4-3-10(9-17)13(14)7-11/h3-4,7,9,12H,5-6,8H2,1-2H3. The molecule has 2 rings (SSSR count). The SMILES string of the molecule is CN(C)C1CCN(c2ccc(C=O)c(Br)c2)C1. The Morgan fingerprint density at radius 3 is 2.76 bits per heavy atom. The summed E-state index contributed by atoms with van der Waals surface area (Å²) in [6, 6.07) is 6.54. The zero-order valence-corrected chi connectivity index (χ0v) is 11.8. The molecule has 1 atom stereocenters. The van der Waals surface area contributed by atoms with E-state index in [0.29, 0.717) is 11.6 Å². The fourth-order valence-electron chi connectivity index (χ4n) is 2.21. The average molecular weight is 297 g/mol. The van der Waals surface area contributed by atoms with Gasteiger partial charge >= 0.3 is 0 Å². The monoisotopic (exact) mass is 296 g/mol. The summed E-state index contributed by atoms with van der Waals surface area (Å²) in [5.41, 5.74) is 1.89. The predicted octanol–water partition coefficient (Wildman–Crippen LogP) is 2.40. The molecule has 3 nitrogen and oxygen atoms in total. The summed E-state index contributed by atoms with van der Waals surface area (Å²) in [6.07, 6.45) is 2.07. The molecule has 1 fully saturated rings. The first kappa shape index (κ1) is 12.6. The third-order valence-corrected chi connectivity index (χ3v) is 4.06. The van der Waals surface area contributed by atoms with Gasteiger partial charge in [-0.05, 0) is 54.6 Å². The number of anilines is 1. The number of hydrogen-bond acceptors (Lipinski definition) is 3. The second-order valence-electron chi connectivity index (χ2n) is 4.68. The largest absolute Gasteiger partial charge is 0.370 e. The van der Waals surface area contributed by atoms with Crippen LogP contribution < -0.4 is 4.90 Å². The maximum atomic E-state index is 10.8. The Hall–Kier alpha value is -0.870. The molecule has 17 heavy (non-hydrogen) atoms. The van der Waals surface area contributed by atoms with Gasteiger partial charge in [-0.3, -0.25) is 4.79 Å². The van der Waals surface area contributed by atoms with Crippen LogP contribution in [0.1, 0.15) is 16.8 Å². The third kappa shape index (κ3) is 2.69. The normalized spacial score (nSPS) is 20.0. The Labute approximate surface area is 111 Å². The van der Waals surface area contributed by atoms with Crippen LogP contribution in [0.5, 0.6) is 0 Å². The number of carbonyl (C=O) groups excluding carboxylic acids is 1. The number of aldehydes is 1. The summed E-state index contributed by atoms with van der Waals surface area (Å²) in [5.74, 6) is 0. The maximum Gasteiger partial charge on any atom is 0.151 e. The molecule has 4 heteroatoms. The number of nitrogens with zero attached hydrogens (tertiary/aromatic N) is 2. The van der Waals surface area contributed by atoms with Gasteiger partial charge in [0.2, 0.25) is 0 Å². The van der Waals surface area contributed by atoms with Gasteiger partial charge in [0.15, 0.2) is 6.29 Å². The van der Waals surface area contributed by atoms with E-state index in [1.165, 1.54) is 12.1 Å². The molecule has 1 aliphatic heterocycles. The van der Waals surface area contributed by atoms with E-state index in [4.69, 9.17) is 0 Å². The molecule has 0 N–H and O–H groups in total. The molecular formula is C13H17BrN2O. The first-order valence-electron chi connectivity index (χ1n) is 5.78. The summed E-state index contributed by atoms with van der Waals surface area (Å²) in [6.45, 7) is 2.13. The van der Waals surface area contributed by atoms with Crippen molar-refractivity contribution in [3.05, 3.63) is 28.2 Å². The highest BCUT2D eigenvalue weighted by molar-refractivity contribution is 9.10. The van der Waals surface area contributed by atoms with Crippen molar-refractivity contribution in [3.8, 4) is 0 Å². The zero-order chi connectivity index (χ0) is 12.4. The van der Waals surface area contributed by atoms with Gasteiger partial charge in [-0.25, -0.2) is 0 Å².